The lowest BCUT2D eigenvalue weighted by atomic mass is 10.1. The van der Waals surface area contributed by atoms with Crippen LogP contribution in [-0.2, 0) is 14.3 Å². The molecule has 2 aromatic rings. The fraction of sp³-hybridized carbons (Fsp3) is 0.167. The fourth-order valence-corrected chi connectivity index (χ4v) is 2.07. The van der Waals surface area contributed by atoms with Crippen LogP contribution in [-0.4, -0.2) is 38.7 Å². The first kappa shape index (κ1) is 18.9. The Hall–Kier alpha value is -3.42. The fourth-order valence-electron chi connectivity index (χ4n) is 2.07. The molecule has 0 saturated heterocycles. The molecule has 1 N–H and O–H groups in total. The number of rotatable bonds is 6. The maximum Gasteiger partial charge on any atom is 0.339 e. The Morgan fingerprint density at radius 2 is 1.73 bits per heavy atom. The molecule has 0 saturated carbocycles. The van der Waals surface area contributed by atoms with Crippen molar-refractivity contribution in [3.63, 3.8) is 0 Å². The highest BCUT2D eigenvalue weighted by Crippen LogP contribution is 2.20. The monoisotopic (exact) mass is 361 g/mol. The van der Waals surface area contributed by atoms with Crippen LogP contribution in [0, 0.1) is 5.82 Å². The molecule has 0 aliphatic carbocycles. The lowest BCUT2D eigenvalue weighted by Crippen LogP contribution is -2.22. The van der Waals surface area contributed by atoms with E-state index in [0.29, 0.717) is 0 Å². The molecule has 8 heteroatoms. The quantitative estimate of drug-likeness (QED) is 0.795. The lowest BCUT2D eigenvalue weighted by Gasteiger charge is -2.12. The molecular formula is C18H16FNO6. The summed E-state index contributed by atoms with van der Waals surface area (Å²) in [6, 6.07) is 9.31. The number of ether oxygens (including phenoxy) is 3. The van der Waals surface area contributed by atoms with Gasteiger partial charge in [-0.2, -0.15) is 0 Å². The van der Waals surface area contributed by atoms with E-state index in [1.807, 2.05) is 0 Å². The summed E-state index contributed by atoms with van der Waals surface area (Å²) in [5, 5.41) is 2.46. The number of nitrogens with one attached hydrogen (secondary N) is 1. The van der Waals surface area contributed by atoms with Crippen molar-refractivity contribution < 1.29 is 33.0 Å². The van der Waals surface area contributed by atoms with Crippen LogP contribution >= 0.6 is 0 Å². The van der Waals surface area contributed by atoms with Crippen LogP contribution in [0.1, 0.15) is 20.7 Å². The third kappa shape index (κ3) is 4.79. The predicted octanol–water partition coefficient (Wildman–Crippen LogP) is 2.42. The number of benzene rings is 2. The Labute approximate surface area is 148 Å². The summed E-state index contributed by atoms with van der Waals surface area (Å²) >= 11 is 0. The molecule has 0 aliphatic rings. The summed E-state index contributed by atoms with van der Waals surface area (Å²) in [6.45, 7) is -0.424. The summed E-state index contributed by atoms with van der Waals surface area (Å²) in [7, 11) is 2.40. The SMILES string of the molecule is COC(=O)c1ccc(C(=O)OC)c(NC(=O)COc2cccc(F)c2)c1. The van der Waals surface area contributed by atoms with Crippen molar-refractivity contribution in [2.75, 3.05) is 26.1 Å². The first-order valence-electron chi connectivity index (χ1n) is 7.43. The molecule has 0 aromatic heterocycles. The summed E-state index contributed by atoms with van der Waals surface area (Å²) in [6.07, 6.45) is 0. The number of esters is 2. The van der Waals surface area contributed by atoms with Crippen molar-refractivity contribution in [2.24, 2.45) is 0 Å². The van der Waals surface area contributed by atoms with E-state index in [9.17, 15) is 18.8 Å². The van der Waals surface area contributed by atoms with E-state index in [4.69, 9.17) is 4.74 Å². The molecule has 2 rings (SSSR count). The van der Waals surface area contributed by atoms with Crippen LogP contribution < -0.4 is 10.1 Å². The molecule has 0 atom stereocenters. The zero-order valence-corrected chi connectivity index (χ0v) is 14.1. The van der Waals surface area contributed by atoms with E-state index in [-0.39, 0.29) is 22.6 Å². The highest BCUT2D eigenvalue weighted by Gasteiger charge is 2.17. The van der Waals surface area contributed by atoms with Gasteiger partial charge in [0, 0.05) is 6.07 Å². The predicted molar refractivity (Wildman–Crippen MR) is 89.6 cm³/mol. The van der Waals surface area contributed by atoms with Gasteiger partial charge in [0.25, 0.3) is 5.91 Å². The molecule has 7 nitrogen and oxygen atoms in total. The van der Waals surface area contributed by atoms with Gasteiger partial charge in [0.05, 0.1) is 31.0 Å². The van der Waals surface area contributed by atoms with Gasteiger partial charge < -0.3 is 19.5 Å². The third-order valence-electron chi connectivity index (χ3n) is 3.29. The summed E-state index contributed by atoms with van der Waals surface area (Å²) in [4.78, 5) is 35.5. The van der Waals surface area contributed by atoms with Gasteiger partial charge in [-0.05, 0) is 30.3 Å². The first-order valence-corrected chi connectivity index (χ1v) is 7.43. The Morgan fingerprint density at radius 3 is 2.38 bits per heavy atom. The van der Waals surface area contributed by atoms with Crippen LogP contribution in [0.4, 0.5) is 10.1 Å². The molecule has 2 aromatic carbocycles. The van der Waals surface area contributed by atoms with Crippen LogP contribution in [0.2, 0.25) is 0 Å². The van der Waals surface area contributed by atoms with Gasteiger partial charge in [-0.25, -0.2) is 14.0 Å². The van der Waals surface area contributed by atoms with Crippen LogP contribution in [0.25, 0.3) is 0 Å². The molecule has 0 heterocycles. The normalized spacial score (nSPS) is 9.96. The van der Waals surface area contributed by atoms with Gasteiger partial charge in [0.15, 0.2) is 6.61 Å². The average molecular weight is 361 g/mol. The lowest BCUT2D eigenvalue weighted by molar-refractivity contribution is -0.118. The second-order valence-corrected chi connectivity index (χ2v) is 5.04. The number of anilines is 1. The minimum Gasteiger partial charge on any atom is -0.484 e. The second kappa shape index (κ2) is 8.61. The van der Waals surface area contributed by atoms with Gasteiger partial charge in [-0.15, -0.1) is 0 Å². The van der Waals surface area contributed by atoms with Gasteiger partial charge in [-0.1, -0.05) is 6.07 Å². The van der Waals surface area contributed by atoms with Crippen molar-refractivity contribution in [3.05, 3.63) is 59.4 Å². The second-order valence-electron chi connectivity index (χ2n) is 5.04. The Balaban J connectivity index is 2.15. The maximum atomic E-state index is 13.1. The molecule has 0 spiro atoms. The minimum absolute atomic E-state index is 0.0549. The van der Waals surface area contributed by atoms with Crippen molar-refractivity contribution in [3.8, 4) is 5.75 Å². The van der Waals surface area contributed by atoms with Crippen molar-refractivity contribution in [2.45, 2.75) is 0 Å². The Kier molecular flexibility index (Phi) is 6.26. The highest BCUT2D eigenvalue weighted by molar-refractivity contribution is 6.03. The van der Waals surface area contributed by atoms with E-state index in [1.54, 1.807) is 0 Å². The molecule has 1 amide bonds. The third-order valence-corrected chi connectivity index (χ3v) is 3.29. The van der Waals surface area contributed by atoms with Gasteiger partial charge in [-0.3, -0.25) is 4.79 Å². The zero-order chi connectivity index (χ0) is 19.1. The highest BCUT2D eigenvalue weighted by atomic mass is 19.1. The minimum atomic E-state index is -0.692. The molecule has 0 bridgehead atoms. The van der Waals surface area contributed by atoms with Gasteiger partial charge in [0.1, 0.15) is 11.6 Å². The number of carbonyl (C=O) groups excluding carboxylic acids is 3. The molecule has 26 heavy (non-hydrogen) atoms. The molecular weight excluding hydrogens is 345 g/mol. The Bertz CT molecular complexity index is 836. The molecule has 0 radical (unpaired) electrons. The van der Waals surface area contributed by atoms with E-state index in [2.05, 4.69) is 14.8 Å². The zero-order valence-electron chi connectivity index (χ0n) is 14.1. The van der Waals surface area contributed by atoms with E-state index in [0.717, 1.165) is 6.07 Å². The van der Waals surface area contributed by atoms with Crippen LogP contribution in [0.3, 0.4) is 0 Å². The van der Waals surface area contributed by atoms with Crippen molar-refractivity contribution >= 4 is 23.5 Å². The number of hydrogen-bond acceptors (Lipinski definition) is 6. The van der Waals surface area contributed by atoms with Gasteiger partial charge in [0.2, 0.25) is 0 Å². The number of hydrogen-bond donors (Lipinski definition) is 1. The molecule has 0 aliphatic heterocycles. The number of carbonyl (C=O) groups is 3. The van der Waals surface area contributed by atoms with E-state index >= 15 is 0 Å². The largest absolute Gasteiger partial charge is 0.484 e. The number of methoxy groups -OCH3 is 2. The van der Waals surface area contributed by atoms with Gasteiger partial charge >= 0.3 is 11.9 Å². The summed E-state index contributed by atoms with van der Waals surface area (Å²) < 4.78 is 27.5. The number of halogens is 1. The summed E-state index contributed by atoms with van der Waals surface area (Å²) in [5.74, 6) is -2.25. The molecule has 0 unspecified atom stereocenters. The number of amides is 1. The molecule has 136 valence electrons. The summed E-state index contributed by atoms with van der Waals surface area (Å²) in [5.41, 5.74) is 0.258. The topological polar surface area (TPSA) is 90.9 Å². The van der Waals surface area contributed by atoms with Crippen molar-refractivity contribution in [1.29, 1.82) is 0 Å². The van der Waals surface area contributed by atoms with Crippen LogP contribution in [0.5, 0.6) is 5.75 Å². The standard InChI is InChI=1S/C18H16FNO6/c1-24-17(22)11-6-7-14(18(23)25-2)15(8-11)20-16(21)10-26-13-5-3-4-12(19)9-13/h3-9H,10H2,1-2H3,(H,20,21). The van der Waals surface area contributed by atoms with Crippen LogP contribution in [0.15, 0.2) is 42.5 Å². The molecule has 0 fully saturated rings. The maximum absolute atomic E-state index is 13.1. The van der Waals surface area contributed by atoms with E-state index < -0.39 is 30.3 Å². The first-order chi connectivity index (χ1) is 12.4. The van der Waals surface area contributed by atoms with Crippen molar-refractivity contribution in [1.82, 2.24) is 0 Å². The smallest absolute Gasteiger partial charge is 0.339 e. The van der Waals surface area contributed by atoms with E-state index in [1.165, 1.54) is 50.6 Å². The average Bonchev–Trinajstić information content (AvgIpc) is 2.65. The Morgan fingerprint density at radius 1 is 1.00 bits per heavy atom.